The second-order valence-corrected chi connectivity index (χ2v) is 5.04. The summed E-state index contributed by atoms with van der Waals surface area (Å²) in [6, 6.07) is -0.570. The van der Waals surface area contributed by atoms with E-state index in [2.05, 4.69) is 5.32 Å². The molecular formula is C13H22N2O4. The number of carbonyl (C=O) groups excluding carboxylic acids is 3. The van der Waals surface area contributed by atoms with Gasteiger partial charge >= 0.3 is 0 Å². The van der Waals surface area contributed by atoms with E-state index >= 15 is 0 Å². The fourth-order valence-corrected chi connectivity index (χ4v) is 1.93. The maximum atomic E-state index is 12.0. The molecule has 6 nitrogen and oxygen atoms in total. The molecule has 1 N–H and O–H groups in total. The second kappa shape index (κ2) is 7.23. The number of morpholine rings is 1. The van der Waals surface area contributed by atoms with Crippen LogP contribution in [0.4, 0.5) is 0 Å². The Kier molecular flexibility index (Phi) is 5.95. The Bertz CT molecular complexity index is 355. The van der Waals surface area contributed by atoms with Crippen LogP contribution in [0.2, 0.25) is 0 Å². The van der Waals surface area contributed by atoms with Crippen molar-refractivity contribution in [2.24, 2.45) is 0 Å². The molecule has 0 aromatic rings. The lowest BCUT2D eigenvalue weighted by Gasteiger charge is -2.35. The highest BCUT2D eigenvalue weighted by atomic mass is 16.5. The van der Waals surface area contributed by atoms with Crippen LogP contribution >= 0.6 is 0 Å². The molecule has 1 heterocycles. The molecule has 0 spiro atoms. The minimum Gasteiger partial charge on any atom is -0.377 e. The first-order chi connectivity index (χ1) is 8.91. The van der Waals surface area contributed by atoms with Crippen LogP contribution in [0.25, 0.3) is 0 Å². The van der Waals surface area contributed by atoms with E-state index < -0.39 is 6.04 Å². The fourth-order valence-electron chi connectivity index (χ4n) is 1.93. The highest BCUT2D eigenvalue weighted by molar-refractivity contribution is 5.89. The maximum Gasteiger partial charge on any atom is 0.245 e. The van der Waals surface area contributed by atoms with Gasteiger partial charge in [-0.3, -0.25) is 9.59 Å². The van der Waals surface area contributed by atoms with Gasteiger partial charge in [-0.05, 0) is 20.8 Å². The Morgan fingerprint density at radius 1 is 1.32 bits per heavy atom. The molecule has 6 heteroatoms. The SMILES string of the molecule is CC(=O)CCC(=O)N1CCOCC1C(=O)NC(C)C. The highest BCUT2D eigenvalue weighted by Gasteiger charge is 2.32. The van der Waals surface area contributed by atoms with Crippen LogP contribution in [0.15, 0.2) is 0 Å². The number of nitrogens with zero attached hydrogens (tertiary/aromatic N) is 1. The number of rotatable bonds is 5. The lowest BCUT2D eigenvalue weighted by molar-refractivity contribution is -0.149. The number of nitrogens with one attached hydrogen (secondary N) is 1. The lowest BCUT2D eigenvalue weighted by Crippen LogP contribution is -2.56. The van der Waals surface area contributed by atoms with E-state index in [9.17, 15) is 14.4 Å². The second-order valence-electron chi connectivity index (χ2n) is 5.04. The van der Waals surface area contributed by atoms with Gasteiger partial charge in [-0.25, -0.2) is 0 Å². The Hall–Kier alpha value is -1.43. The summed E-state index contributed by atoms with van der Waals surface area (Å²) in [5, 5.41) is 2.78. The zero-order valence-electron chi connectivity index (χ0n) is 11.8. The topological polar surface area (TPSA) is 75.7 Å². The van der Waals surface area contributed by atoms with Crippen LogP contribution in [0.5, 0.6) is 0 Å². The van der Waals surface area contributed by atoms with Crippen molar-refractivity contribution in [3.05, 3.63) is 0 Å². The Balaban J connectivity index is 2.63. The molecule has 1 fully saturated rings. The predicted molar refractivity (Wildman–Crippen MR) is 69.5 cm³/mol. The van der Waals surface area contributed by atoms with Crippen LogP contribution in [0.3, 0.4) is 0 Å². The van der Waals surface area contributed by atoms with Gasteiger partial charge in [0.25, 0.3) is 0 Å². The van der Waals surface area contributed by atoms with Crippen molar-refractivity contribution in [3.8, 4) is 0 Å². The van der Waals surface area contributed by atoms with Gasteiger partial charge in [0.15, 0.2) is 0 Å². The number of Topliss-reactive ketones (excluding diaryl/α,β-unsaturated/α-hetero) is 1. The average molecular weight is 270 g/mol. The molecule has 1 saturated heterocycles. The van der Waals surface area contributed by atoms with Crippen molar-refractivity contribution in [1.29, 1.82) is 0 Å². The van der Waals surface area contributed by atoms with Gasteiger partial charge in [0.2, 0.25) is 11.8 Å². The summed E-state index contributed by atoms with van der Waals surface area (Å²) in [6.07, 6.45) is 0.371. The van der Waals surface area contributed by atoms with Crippen LogP contribution in [-0.2, 0) is 19.1 Å². The van der Waals surface area contributed by atoms with Crippen molar-refractivity contribution in [1.82, 2.24) is 10.2 Å². The average Bonchev–Trinajstić information content (AvgIpc) is 2.35. The van der Waals surface area contributed by atoms with Crippen molar-refractivity contribution >= 4 is 17.6 Å². The monoisotopic (exact) mass is 270 g/mol. The van der Waals surface area contributed by atoms with Crippen molar-refractivity contribution in [3.63, 3.8) is 0 Å². The van der Waals surface area contributed by atoms with Crippen LogP contribution in [-0.4, -0.2) is 54.3 Å². The molecule has 0 aliphatic carbocycles. The van der Waals surface area contributed by atoms with E-state index in [4.69, 9.17) is 4.74 Å². The van der Waals surface area contributed by atoms with Gasteiger partial charge in [-0.1, -0.05) is 0 Å². The largest absolute Gasteiger partial charge is 0.377 e. The van der Waals surface area contributed by atoms with Gasteiger partial charge in [-0.2, -0.15) is 0 Å². The quantitative estimate of drug-likeness (QED) is 0.769. The van der Waals surface area contributed by atoms with Crippen molar-refractivity contribution < 1.29 is 19.1 Å². The molecule has 1 aliphatic rings. The number of hydrogen-bond donors (Lipinski definition) is 1. The third-order valence-electron chi connectivity index (χ3n) is 2.87. The standard InChI is InChI=1S/C13H22N2O4/c1-9(2)14-13(18)11-8-19-7-6-15(11)12(17)5-4-10(3)16/h9,11H,4-8H2,1-3H3,(H,14,18). The van der Waals surface area contributed by atoms with Gasteiger partial charge < -0.3 is 19.7 Å². The summed E-state index contributed by atoms with van der Waals surface area (Å²) in [7, 11) is 0. The van der Waals surface area contributed by atoms with E-state index in [0.29, 0.717) is 13.2 Å². The van der Waals surface area contributed by atoms with E-state index in [1.54, 1.807) is 0 Å². The first kappa shape index (κ1) is 15.6. The first-order valence-corrected chi connectivity index (χ1v) is 6.59. The molecule has 1 rings (SSSR count). The molecule has 0 aromatic carbocycles. The molecule has 19 heavy (non-hydrogen) atoms. The first-order valence-electron chi connectivity index (χ1n) is 6.59. The van der Waals surface area contributed by atoms with Crippen LogP contribution in [0.1, 0.15) is 33.6 Å². The summed E-state index contributed by atoms with van der Waals surface area (Å²) in [5.74, 6) is -0.391. The van der Waals surface area contributed by atoms with Crippen molar-refractivity contribution in [2.45, 2.75) is 45.7 Å². The molecule has 1 aliphatic heterocycles. The summed E-state index contributed by atoms with van der Waals surface area (Å²) >= 11 is 0. The molecule has 1 unspecified atom stereocenters. The van der Waals surface area contributed by atoms with Crippen LogP contribution in [0, 0.1) is 0 Å². The zero-order valence-corrected chi connectivity index (χ0v) is 11.8. The van der Waals surface area contributed by atoms with E-state index in [0.717, 1.165) is 0 Å². The molecule has 0 bridgehead atoms. The normalized spacial score (nSPS) is 19.4. The van der Waals surface area contributed by atoms with E-state index in [-0.39, 0.29) is 43.1 Å². The predicted octanol–water partition coefficient (Wildman–Crippen LogP) is 0.108. The number of hydrogen-bond acceptors (Lipinski definition) is 4. The summed E-state index contributed by atoms with van der Waals surface area (Å²) in [5.41, 5.74) is 0. The number of amides is 2. The molecule has 0 aromatic heterocycles. The van der Waals surface area contributed by atoms with E-state index in [1.807, 2.05) is 13.8 Å². The zero-order chi connectivity index (χ0) is 14.4. The Morgan fingerprint density at radius 3 is 2.58 bits per heavy atom. The third kappa shape index (κ3) is 4.98. The van der Waals surface area contributed by atoms with Gasteiger partial charge in [0.05, 0.1) is 13.2 Å². The number of carbonyl (C=O) groups is 3. The third-order valence-corrected chi connectivity index (χ3v) is 2.87. The highest BCUT2D eigenvalue weighted by Crippen LogP contribution is 2.10. The minimum absolute atomic E-state index is 0.0172. The molecule has 0 radical (unpaired) electrons. The van der Waals surface area contributed by atoms with Gasteiger partial charge in [0, 0.05) is 25.4 Å². The Labute approximate surface area is 113 Å². The lowest BCUT2D eigenvalue weighted by atomic mass is 10.1. The molecule has 108 valence electrons. The minimum atomic E-state index is -0.587. The fraction of sp³-hybridized carbons (Fsp3) is 0.769. The smallest absolute Gasteiger partial charge is 0.245 e. The molecule has 2 amide bonds. The van der Waals surface area contributed by atoms with Crippen molar-refractivity contribution in [2.75, 3.05) is 19.8 Å². The number of ether oxygens (including phenoxy) is 1. The Morgan fingerprint density at radius 2 is 2.00 bits per heavy atom. The van der Waals surface area contributed by atoms with E-state index in [1.165, 1.54) is 11.8 Å². The maximum absolute atomic E-state index is 12.0. The summed E-state index contributed by atoms with van der Waals surface area (Å²) in [4.78, 5) is 36.5. The molecule has 1 atom stereocenters. The molecular weight excluding hydrogens is 248 g/mol. The molecule has 0 saturated carbocycles. The van der Waals surface area contributed by atoms with Gasteiger partial charge in [-0.15, -0.1) is 0 Å². The summed E-state index contributed by atoms with van der Waals surface area (Å²) in [6.45, 7) is 6.22. The van der Waals surface area contributed by atoms with Crippen LogP contribution < -0.4 is 5.32 Å². The number of ketones is 1. The van der Waals surface area contributed by atoms with Gasteiger partial charge in [0.1, 0.15) is 11.8 Å². The summed E-state index contributed by atoms with van der Waals surface area (Å²) < 4.78 is 5.27.